The molecule has 2 rings (SSSR count). The second-order valence-corrected chi connectivity index (χ2v) is 6.65. The molecule has 22 heavy (non-hydrogen) atoms. The van der Waals surface area contributed by atoms with Crippen molar-refractivity contribution in [2.24, 2.45) is 5.73 Å². The lowest BCUT2D eigenvalue weighted by Crippen LogP contribution is -2.15. The van der Waals surface area contributed by atoms with Gasteiger partial charge in [0.25, 0.3) is 5.69 Å². The van der Waals surface area contributed by atoms with Crippen LogP contribution in [-0.4, -0.2) is 4.92 Å². The quantitative estimate of drug-likeness (QED) is 0.680. The number of nitro benzene ring substituents is 1. The lowest BCUT2D eigenvalue weighted by atomic mass is 9.85. The first-order valence-electron chi connectivity index (χ1n) is 7.31. The van der Waals surface area contributed by atoms with Crippen molar-refractivity contribution in [3.8, 4) is 0 Å². The highest BCUT2D eigenvalue weighted by molar-refractivity contribution is 5.44. The van der Waals surface area contributed by atoms with E-state index in [9.17, 15) is 10.1 Å². The molecule has 1 unspecified atom stereocenters. The van der Waals surface area contributed by atoms with Crippen molar-refractivity contribution in [1.82, 2.24) is 0 Å². The van der Waals surface area contributed by atoms with E-state index in [2.05, 4.69) is 32.9 Å². The van der Waals surface area contributed by atoms with Crippen LogP contribution in [0.25, 0.3) is 0 Å². The van der Waals surface area contributed by atoms with Gasteiger partial charge in [0.05, 0.1) is 11.0 Å². The summed E-state index contributed by atoms with van der Waals surface area (Å²) in [7, 11) is 0. The Bertz CT molecular complexity index is 685. The van der Waals surface area contributed by atoms with Gasteiger partial charge in [0.2, 0.25) is 0 Å². The molecule has 4 heteroatoms. The third-order valence-electron chi connectivity index (χ3n) is 3.94. The molecule has 0 aliphatic heterocycles. The van der Waals surface area contributed by atoms with E-state index < -0.39 is 4.92 Å². The van der Waals surface area contributed by atoms with Gasteiger partial charge in [-0.05, 0) is 34.6 Å². The molecule has 1 atom stereocenters. The summed E-state index contributed by atoms with van der Waals surface area (Å²) in [6.07, 6.45) is 0. The number of non-ortho nitro benzene ring substituents is 1. The molecule has 0 aliphatic rings. The highest BCUT2D eigenvalue weighted by atomic mass is 16.6. The summed E-state index contributed by atoms with van der Waals surface area (Å²) in [6, 6.07) is 12.6. The smallest absolute Gasteiger partial charge is 0.269 e. The van der Waals surface area contributed by atoms with Gasteiger partial charge >= 0.3 is 0 Å². The van der Waals surface area contributed by atoms with Gasteiger partial charge < -0.3 is 5.73 Å². The Kier molecular flexibility index (Phi) is 4.33. The Morgan fingerprint density at radius 3 is 2.18 bits per heavy atom. The van der Waals surface area contributed by atoms with Crippen LogP contribution in [0.15, 0.2) is 42.5 Å². The molecule has 0 radical (unpaired) electrons. The zero-order valence-electron chi connectivity index (χ0n) is 13.5. The van der Waals surface area contributed by atoms with E-state index in [1.807, 2.05) is 19.1 Å². The number of hydrogen-bond donors (Lipinski definition) is 1. The van der Waals surface area contributed by atoms with Crippen molar-refractivity contribution in [2.45, 2.75) is 39.2 Å². The molecule has 0 bridgehead atoms. The van der Waals surface area contributed by atoms with Crippen LogP contribution in [0.5, 0.6) is 0 Å². The Labute approximate surface area is 131 Å². The van der Waals surface area contributed by atoms with Crippen molar-refractivity contribution < 1.29 is 4.92 Å². The number of hydrogen-bond acceptors (Lipinski definition) is 3. The van der Waals surface area contributed by atoms with Gasteiger partial charge in [-0.15, -0.1) is 0 Å². The molecule has 116 valence electrons. The second-order valence-electron chi connectivity index (χ2n) is 6.65. The van der Waals surface area contributed by atoms with Gasteiger partial charge in [-0.25, -0.2) is 0 Å². The van der Waals surface area contributed by atoms with Crippen LogP contribution in [0, 0.1) is 17.0 Å². The fourth-order valence-electron chi connectivity index (χ4n) is 2.45. The minimum atomic E-state index is -0.391. The normalized spacial score (nSPS) is 13.0. The Balaban J connectivity index is 2.37. The maximum atomic E-state index is 10.9. The average molecular weight is 298 g/mol. The SMILES string of the molecule is Cc1ccc([N+](=O)[O-])cc1C(N)c1ccc(C(C)(C)C)cc1. The molecule has 0 saturated carbocycles. The van der Waals surface area contributed by atoms with Crippen molar-refractivity contribution in [1.29, 1.82) is 0 Å². The predicted molar refractivity (Wildman–Crippen MR) is 89.0 cm³/mol. The molecule has 0 fully saturated rings. The van der Waals surface area contributed by atoms with Crippen molar-refractivity contribution >= 4 is 5.69 Å². The van der Waals surface area contributed by atoms with Gasteiger partial charge in [-0.3, -0.25) is 10.1 Å². The lowest BCUT2D eigenvalue weighted by molar-refractivity contribution is -0.384. The highest BCUT2D eigenvalue weighted by Gasteiger charge is 2.17. The summed E-state index contributed by atoms with van der Waals surface area (Å²) in [4.78, 5) is 10.6. The number of rotatable bonds is 3. The van der Waals surface area contributed by atoms with E-state index in [0.717, 1.165) is 16.7 Å². The van der Waals surface area contributed by atoms with Crippen LogP contribution in [0.4, 0.5) is 5.69 Å². The molecule has 0 saturated heterocycles. The van der Waals surface area contributed by atoms with E-state index in [1.165, 1.54) is 11.6 Å². The number of nitrogens with two attached hydrogens (primary N) is 1. The van der Waals surface area contributed by atoms with Gasteiger partial charge in [0.1, 0.15) is 0 Å². The topological polar surface area (TPSA) is 69.2 Å². The van der Waals surface area contributed by atoms with E-state index in [-0.39, 0.29) is 17.1 Å². The first-order valence-corrected chi connectivity index (χ1v) is 7.31. The Morgan fingerprint density at radius 2 is 1.68 bits per heavy atom. The van der Waals surface area contributed by atoms with Gasteiger partial charge in [-0.1, -0.05) is 51.1 Å². The molecule has 4 nitrogen and oxygen atoms in total. The fourth-order valence-corrected chi connectivity index (χ4v) is 2.45. The predicted octanol–water partition coefficient (Wildman–Crippen LogP) is 4.25. The van der Waals surface area contributed by atoms with Gasteiger partial charge in [0.15, 0.2) is 0 Å². The monoisotopic (exact) mass is 298 g/mol. The molecule has 2 aromatic carbocycles. The number of benzene rings is 2. The summed E-state index contributed by atoms with van der Waals surface area (Å²) in [6.45, 7) is 8.40. The van der Waals surface area contributed by atoms with Gasteiger partial charge in [0, 0.05) is 12.1 Å². The average Bonchev–Trinajstić information content (AvgIpc) is 2.46. The minimum absolute atomic E-state index is 0.0716. The molecule has 2 N–H and O–H groups in total. The van der Waals surface area contributed by atoms with Gasteiger partial charge in [-0.2, -0.15) is 0 Å². The summed E-state index contributed by atoms with van der Waals surface area (Å²) < 4.78 is 0. The minimum Gasteiger partial charge on any atom is -0.320 e. The van der Waals surface area contributed by atoms with Crippen LogP contribution in [0.2, 0.25) is 0 Å². The molecule has 0 aliphatic carbocycles. The molecule has 0 heterocycles. The fraction of sp³-hybridized carbons (Fsp3) is 0.333. The summed E-state index contributed by atoms with van der Waals surface area (Å²) in [5, 5.41) is 10.9. The largest absolute Gasteiger partial charge is 0.320 e. The van der Waals surface area contributed by atoms with Crippen LogP contribution < -0.4 is 5.73 Å². The van der Waals surface area contributed by atoms with Crippen LogP contribution in [-0.2, 0) is 5.41 Å². The molecule has 0 spiro atoms. The van der Waals surface area contributed by atoms with E-state index in [4.69, 9.17) is 5.73 Å². The Morgan fingerprint density at radius 1 is 1.09 bits per heavy atom. The van der Waals surface area contributed by atoms with Crippen molar-refractivity contribution in [2.75, 3.05) is 0 Å². The third kappa shape index (κ3) is 3.34. The molecule has 0 aromatic heterocycles. The maximum absolute atomic E-state index is 10.9. The summed E-state index contributed by atoms with van der Waals surface area (Å²) >= 11 is 0. The number of nitrogens with zero attached hydrogens (tertiary/aromatic N) is 1. The van der Waals surface area contributed by atoms with Crippen molar-refractivity contribution in [3.05, 3.63) is 74.8 Å². The zero-order valence-corrected chi connectivity index (χ0v) is 13.5. The maximum Gasteiger partial charge on any atom is 0.269 e. The molecule has 0 amide bonds. The third-order valence-corrected chi connectivity index (χ3v) is 3.94. The van der Waals surface area contributed by atoms with Crippen LogP contribution >= 0.6 is 0 Å². The summed E-state index contributed by atoms with van der Waals surface area (Å²) in [5.41, 5.74) is 10.4. The van der Waals surface area contributed by atoms with E-state index >= 15 is 0 Å². The standard InChI is InChI=1S/C18H22N2O2/c1-12-5-10-15(20(21)22)11-16(12)17(19)13-6-8-14(9-7-13)18(2,3)4/h5-11,17H,19H2,1-4H3. The van der Waals surface area contributed by atoms with Crippen LogP contribution in [0.3, 0.4) is 0 Å². The van der Waals surface area contributed by atoms with E-state index in [1.54, 1.807) is 12.1 Å². The molecule has 2 aromatic rings. The molecular formula is C18H22N2O2. The van der Waals surface area contributed by atoms with E-state index in [0.29, 0.717) is 0 Å². The first-order chi connectivity index (χ1) is 10.2. The lowest BCUT2D eigenvalue weighted by Gasteiger charge is -2.21. The number of aryl methyl sites for hydroxylation is 1. The zero-order chi connectivity index (χ0) is 16.5. The first kappa shape index (κ1) is 16.2. The van der Waals surface area contributed by atoms with Crippen LogP contribution in [0.1, 0.15) is 49.1 Å². The second kappa shape index (κ2) is 5.89. The molecular weight excluding hydrogens is 276 g/mol. The highest BCUT2D eigenvalue weighted by Crippen LogP contribution is 2.28. The van der Waals surface area contributed by atoms with Crippen molar-refractivity contribution in [3.63, 3.8) is 0 Å². The Hall–Kier alpha value is -2.20. The summed E-state index contributed by atoms with van der Waals surface area (Å²) in [5.74, 6) is 0. The number of nitro groups is 1.